The van der Waals surface area contributed by atoms with E-state index in [0.717, 1.165) is 0 Å². The number of sulfone groups is 1. The molecule has 2 heterocycles. The zero-order valence-corrected chi connectivity index (χ0v) is 15.2. The highest BCUT2D eigenvalue weighted by molar-refractivity contribution is 8.27. The molecule has 2 aliphatic heterocycles. The van der Waals surface area contributed by atoms with Crippen LogP contribution in [0.25, 0.3) is 0 Å². The molecule has 23 heavy (non-hydrogen) atoms. The van der Waals surface area contributed by atoms with Gasteiger partial charge in [0.15, 0.2) is 9.84 Å². The summed E-state index contributed by atoms with van der Waals surface area (Å²) in [5.41, 5.74) is 5.93. The van der Waals surface area contributed by atoms with Gasteiger partial charge in [-0.15, -0.1) is 0 Å². The predicted octanol–water partition coefficient (Wildman–Crippen LogP) is -0.542. The lowest BCUT2D eigenvalue weighted by Crippen LogP contribution is -2.44. The molecule has 8 nitrogen and oxygen atoms in total. The summed E-state index contributed by atoms with van der Waals surface area (Å²) in [6.07, 6.45) is 1.58. The number of sulfonamides is 1. The molecule has 1 amide bonds. The SMILES string of the molecule is CCN(C(=O)CN)[C@H]1C=C(S(N)(=O)=O)SC2=C1C[C@H](C)S2(=O)=O. The second kappa shape index (κ2) is 6.20. The van der Waals surface area contributed by atoms with E-state index < -0.39 is 37.1 Å². The fraction of sp³-hybridized carbons (Fsp3) is 0.583. The Balaban J connectivity index is 2.62. The predicted molar refractivity (Wildman–Crippen MR) is 89.0 cm³/mol. The van der Waals surface area contributed by atoms with Crippen molar-refractivity contribution in [2.45, 2.75) is 31.6 Å². The maximum atomic E-state index is 12.4. The molecule has 0 aromatic rings. The second-order valence-corrected chi connectivity index (χ2v) is 10.7. The van der Waals surface area contributed by atoms with E-state index in [4.69, 9.17) is 10.9 Å². The number of rotatable bonds is 4. The molecule has 0 bridgehead atoms. The fourth-order valence-corrected chi connectivity index (χ4v) is 7.13. The van der Waals surface area contributed by atoms with Crippen LogP contribution in [0.4, 0.5) is 0 Å². The van der Waals surface area contributed by atoms with Crippen LogP contribution in [0.2, 0.25) is 0 Å². The molecule has 4 N–H and O–H groups in total. The summed E-state index contributed by atoms with van der Waals surface area (Å²) < 4.78 is 48.0. The van der Waals surface area contributed by atoms with Gasteiger partial charge < -0.3 is 10.6 Å². The summed E-state index contributed by atoms with van der Waals surface area (Å²) in [5.74, 6) is -0.391. The second-order valence-electron chi connectivity index (χ2n) is 5.33. The lowest BCUT2D eigenvalue weighted by molar-refractivity contribution is -0.130. The van der Waals surface area contributed by atoms with Crippen molar-refractivity contribution in [3.63, 3.8) is 0 Å². The van der Waals surface area contributed by atoms with E-state index in [-0.39, 0.29) is 28.0 Å². The van der Waals surface area contributed by atoms with Crippen LogP contribution in [0.1, 0.15) is 20.3 Å². The molecule has 2 rings (SSSR count). The Kier molecular flexibility index (Phi) is 4.98. The summed E-state index contributed by atoms with van der Waals surface area (Å²) in [5, 5.41) is 4.50. The minimum atomic E-state index is -4.08. The normalized spacial score (nSPS) is 26.7. The van der Waals surface area contributed by atoms with Crippen molar-refractivity contribution in [2.75, 3.05) is 13.1 Å². The van der Waals surface area contributed by atoms with Gasteiger partial charge in [0, 0.05) is 6.54 Å². The molecule has 130 valence electrons. The number of thioether (sulfide) groups is 1. The number of amides is 1. The first-order valence-electron chi connectivity index (χ1n) is 6.93. The smallest absolute Gasteiger partial charge is 0.244 e. The monoisotopic (exact) mass is 381 g/mol. The molecular formula is C12H19N3O5S3. The van der Waals surface area contributed by atoms with Crippen LogP contribution in [-0.4, -0.2) is 52.0 Å². The highest BCUT2D eigenvalue weighted by Gasteiger charge is 2.45. The third-order valence-corrected chi connectivity index (χ3v) is 9.23. The number of likely N-dealkylation sites (N-methyl/N-ethyl adjacent to an activating group) is 1. The van der Waals surface area contributed by atoms with Crippen LogP contribution in [0, 0.1) is 0 Å². The molecule has 0 unspecified atom stereocenters. The molecule has 0 spiro atoms. The lowest BCUT2D eigenvalue weighted by Gasteiger charge is -2.32. The van der Waals surface area contributed by atoms with E-state index in [1.54, 1.807) is 13.8 Å². The summed E-state index contributed by atoms with van der Waals surface area (Å²) in [7, 11) is -7.70. The van der Waals surface area contributed by atoms with Gasteiger partial charge >= 0.3 is 0 Å². The van der Waals surface area contributed by atoms with Gasteiger partial charge in [-0.2, -0.15) is 0 Å². The number of carbonyl (C=O) groups is 1. The number of hydrogen-bond donors (Lipinski definition) is 2. The van der Waals surface area contributed by atoms with Crippen LogP contribution in [0.3, 0.4) is 0 Å². The minimum absolute atomic E-state index is 0.00945. The summed E-state index contributed by atoms with van der Waals surface area (Å²) in [4.78, 5) is 13.4. The molecule has 0 saturated carbocycles. The number of nitrogens with two attached hydrogens (primary N) is 2. The van der Waals surface area contributed by atoms with E-state index >= 15 is 0 Å². The Morgan fingerprint density at radius 2 is 2.09 bits per heavy atom. The number of carbonyl (C=O) groups excluding carboxylic acids is 1. The molecule has 0 aliphatic carbocycles. The zero-order valence-electron chi connectivity index (χ0n) is 12.7. The minimum Gasteiger partial charge on any atom is -0.332 e. The fourth-order valence-electron chi connectivity index (χ4n) is 2.66. The van der Waals surface area contributed by atoms with E-state index in [9.17, 15) is 21.6 Å². The van der Waals surface area contributed by atoms with Crippen molar-refractivity contribution in [3.8, 4) is 0 Å². The van der Waals surface area contributed by atoms with E-state index in [2.05, 4.69) is 0 Å². The standard InChI is InChI=1S/C12H19N3O5S3/c1-3-15(10(16)6-13)9-5-11(23(14,19)20)21-12-8(9)4-7(2)22(12,17)18/h5,7,9H,3-4,6,13H2,1-2H3,(H2,14,19,20)/t7-,9-/m0/s1. The van der Waals surface area contributed by atoms with Gasteiger partial charge in [-0.25, -0.2) is 22.0 Å². The molecular weight excluding hydrogens is 362 g/mol. The largest absolute Gasteiger partial charge is 0.332 e. The van der Waals surface area contributed by atoms with Crippen molar-refractivity contribution in [1.29, 1.82) is 0 Å². The Morgan fingerprint density at radius 3 is 2.57 bits per heavy atom. The third-order valence-electron chi connectivity index (χ3n) is 3.85. The maximum absolute atomic E-state index is 12.4. The average molecular weight is 382 g/mol. The van der Waals surface area contributed by atoms with Gasteiger partial charge in [0.2, 0.25) is 15.9 Å². The first-order valence-corrected chi connectivity index (χ1v) is 10.8. The molecule has 0 radical (unpaired) electrons. The summed E-state index contributed by atoms with van der Waals surface area (Å²) >= 11 is 0.641. The highest BCUT2D eigenvalue weighted by Crippen LogP contribution is 2.48. The van der Waals surface area contributed by atoms with Gasteiger partial charge in [-0.05, 0) is 31.9 Å². The molecule has 0 aromatic carbocycles. The first-order chi connectivity index (χ1) is 10.5. The number of nitrogens with zero attached hydrogens (tertiary/aromatic N) is 1. The summed E-state index contributed by atoms with van der Waals surface area (Å²) in [6, 6.07) is -0.764. The van der Waals surface area contributed by atoms with E-state index in [1.807, 2.05) is 0 Å². The quantitative estimate of drug-likeness (QED) is 0.666. The number of hydrogen-bond acceptors (Lipinski definition) is 7. The molecule has 0 saturated heterocycles. The molecule has 2 atom stereocenters. The highest BCUT2D eigenvalue weighted by atomic mass is 32.3. The van der Waals surface area contributed by atoms with Crippen molar-refractivity contribution < 1.29 is 21.6 Å². The molecule has 2 aliphatic rings. The molecule has 0 aromatic heterocycles. The zero-order chi connectivity index (χ0) is 17.6. The van der Waals surface area contributed by atoms with Gasteiger partial charge in [0.05, 0.1) is 17.8 Å². The maximum Gasteiger partial charge on any atom is 0.244 e. The van der Waals surface area contributed by atoms with Crippen LogP contribution >= 0.6 is 11.8 Å². The average Bonchev–Trinajstić information content (AvgIpc) is 2.69. The number of primary sulfonamides is 1. The lowest BCUT2D eigenvalue weighted by atomic mass is 10.0. The van der Waals surface area contributed by atoms with Crippen LogP contribution in [0.5, 0.6) is 0 Å². The van der Waals surface area contributed by atoms with Crippen molar-refractivity contribution in [1.82, 2.24) is 4.90 Å². The third kappa shape index (κ3) is 3.20. The molecule has 11 heteroatoms. The van der Waals surface area contributed by atoms with Crippen molar-refractivity contribution >= 4 is 37.5 Å². The first kappa shape index (κ1) is 18.5. The topological polar surface area (TPSA) is 141 Å². The van der Waals surface area contributed by atoms with Crippen LogP contribution in [-0.2, 0) is 24.7 Å². The van der Waals surface area contributed by atoms with Gasteiger partial charge in [0.1, 0.15) is 8.47 Å². The Bertz CT molecular complexity index is 798. The Morgan fingerprint density at radius 1 is 1.48 bits per heavy atom. The Labute approximate surface area is 139 Å². The molecule has 0 fully saturated rings. The Hall–Kier alpha value is -0.880. The van der Waals surface area contributed by atoms with Gasteiger partial charge in [0.25, 0.3) is 0 Å². The van der Waals surface area contributed by atoms with Crippen LogP contribution in [0.15, 0.2) is 20.1 Å². The van der Waals surface area contributed by atoms with Crippen LogP contribution < -0.4 is 10.9 Å². The van der Waals surface area contributed by atoms with Crippen molar-refractivity contribution in [3.05, 3.63) is 20.1 Å². The van der Waals surface area contributed by atoms with Gasteiger partial charge in [-0.3, -0.25) is 4.79 Å². The van der Waals surface area contributed by atoms with E-state index in [0.29, 0.717) is 17.3 Å². The van der Waals surface area contributed by atoms with Crippen molar-refractivity contribution in [2.24, 2.45) is 10.9 Å². The van der Waals surface area contributed by atoms with E-state index in [1.165, 1.54) is 11.0 Å². The summed E-state index contributed by atoms with van der Waals surface area (Å²) in [6.45, 7) is 3.29. The van der Waals surface area contributed by atoms with Gasteiger partial charge in [-0.1, -0.05) is 11.8 Å².